The van der Waals surface area contributed by atoms with E-state index in [1.807, 2.05) is 0 Å². The average Bonchev–Trinajstić information content (AvgIpc) is 2.46. The Morgan fingerprint density at radius 1 is 1.30 bits per heavy atom. The number of fused-ring (bicyclic) bond motifs is 1. The van der Waals surface area contributed by atoms with Gasteiger partial charge in [-0.3, -0.25) is 24.8 Å². The lowest BCUT2D eigenvalue weighted by Gasteiger charge is -2.27. The summed E-state index contributed by atoms with van der Waals surface area (Å²) in [5, 5.41) is 3.86. The summed E-state index contributed by atoms with van der Waals surface area (Å²) in [6, 6.07) is 4.67. The van der Waals surface area contributed by atoms with E-state index in [1.165, 1.54) is 4.90 Å². The Balaban J connectivity index is 2.16. The molecule has 1 aromatic heterocycles. The number of amides is 3. The highest BCUT2D eigenvalue weighted by atomic mass is 16.2. The predicted octanol–water partition coefficient (Wildman–Crippen LogP) is 1.49. The highest BCUT2D eigenvalue weighted by molar-refractivity contribution is 6.10. The van der Waals surface area contributed by atoms with Crippen LogP contribution >= 0.6 is 0 Å². The van der Waals surface area contributed by atoms with Crippen molar-refractivity contribution in [3.63, 3.8) is 0 Å². The molecule has 0 bridgehead atoms. The second-order valence-electron chi connectivity index (χ2n) is 4.51. The van der Waals surface area contributed by atoms with Crippen molar-refractivity contribution in [1.29, 1.82) is 0 Å². The topological polar surface area (TPSA) is 79.4 Å². The van der Waals surface area contributed by atoms with E-state index in [4.69, 9.17) is 0 Å². The molecule has 1 aliphatic rings. The minimum Gasteiger partial charge on any atom is -0.298 e. The van der Waals surface area contributed by atoms with E-state index in [-0.39, 0.29) is 12.3 Å². The van der Waals surface area contributed by atoms with Crippen molar-refractivity contribution >= 4 is 34.7 Å². The fourth-order valence-corrected chi connectivity index (χ4v) is 2.30. The number of hydrogen-bond acceptors (Lipinski definition) is 4. The molecule has 0 unspecified atom stereocenters. The van der Waals surface area contributed by atoms with Gasteiger partial charge in [0.15, 0.2) is 0 Å². The molecule has 1 saturated heterocycles. The maximum atomic E-state index is 11.9. The van der Waals surface area contributed by atoms with E-state index >= 15 is 0 Å². The van der Waals surface area contributed by atoms with Gasteiger partial charge in [-0.1, -0.05) is 0 Å². The molecule has 0 spiro atoms. The van der Waals surface area contributed by atoms with Crippen molar-refractivity contribution in [2.24, 2.45) is 0 Å². The first-order chi connectivity index (χ1) is 9.69. The third-order valence-electron chi connectivity index (χ3n) is 3.23. The van der Waals surface area contributed by atoms with Crippen molar-refractivity contribution in [2.45, 2.75) is 6.42 Å². The first kappa shape index (κ1) is 12.3. The zero-order chi connectivity index (χ0) is 14.1. The first-order valence-electron chi connectivity index (χ1n) is 6.13. The number of nitrogens with one attached hydrogen (secondary N) is 1. The molecule has 6 heteroatoms. The zero-order valence-corrected chi connectivity index (χ0v) is 10.5. The molecule has 0 saturated carbocycles. The van der Waals surface area contributed by atoms with E-state index in [9.17, 15) is 14.4 Å². The third-order valence-corrected chi connectivity index (χ3v) is 3.23. The Hall–Kier alpha value is -2.76. The summed E-state index contributed by atoms with van der Waals surface area (Å²) in [5.74, 6) is -0.288. The van der Waals surface area contributed by atoms with Gasteiger partial charge in [0.2, 0.25) is 5.91 Å². The van der Waals surface area contributed by atoms with Crippen LogP contribution in [0.25, 0.3) is 10.8 Å². The quantitative estimate of drug-likeness (QED) is 0.838. The molecule has 3 amide bonds. The van der Waals surface area contributed by atoms with Crippen molar-refractivity contribution in [3.05, 3.63) is 36.2 Å². The van der Waals surface area contributed by atoms with Crippen LogP contribution in [0.1, 0.15) is 16.8 Å². The van der Waals surface area contributed by atoms with Crippen LogP contribution in [0, 0.1) is 0 Å². The molecule has 0 radical (unpaired) electrons. The molecule has 1 aromatic carbocycles. The van der Waals surface area contributed by atoms with Gasteiger partial charge >= 0.3 is 6.03 Å². The Morgan fingerprint density at radius 2 is 2.15 bits per heavy atom. The minimum atomic E-state index is -0.470. The molecular weight excluding hydrogens is 258 g/mol. The SMILES string of the molecule is O=Cc1cc(N2CCC(=O)NC2=O)c2ccncc2c1. The fraction of sp³-hybridized carbons (Fsp3) is 0.143. The summed E-state index contributed by atoms with van der Waals surface area (Å²) in [6.45, 7) is 0.296. The van der Waals surface area contributed by atoms with Gasteiger partial charge in [-0.05, 0) is 18.2 Å². The van der Waals surface area contributed by atoms with Crippen LogP contribution in [-0.4, -0.2) is 29.8 Å². The molecule has 20 heavy (non-hydrogen) atoms. The Labute approximate surface area is 114 Å². The van der Waals surface area contributed by atoms with Crippen molar-refractivity contribution in [3.8, 4) is 0 Å². The van der Waals surface area contributed by atoms with Gasteiger partial charge in [0.1, 0.15) is 6.29 Å². The zero-order valence-electron chi connectivity index (χ0n) is 10.5. The maximum absolute atomic E-state index is 11.9. The summed E-state index contributed by atoms with van der Waals surface area (Å²) in [7, 11) is 0. The van der Waals surface area contributed by atoms with Crippen LogP contribution in [0.2, 0.25) is 0 Å². The minimum absolute atomic E-state index is 0.240. The van der Waals surface area contributed by atoms with E-state index in [0.717, 1.165) is 17.1 Å². The number of nitrogens with zero attached hydrogens (tertiary/aromatic N) is 2. The summed E-state index contributed by atoms with van der Waals surface area (Å²) in [5.41, 5.74) is 1.07. The molecule has 1 N–H and O–H groups in total. The van der Waals surface area contributed by atoms with Crippen LogP contribution in [0.5, 0.6) is 0 Å². The molecule has 0 atom stereocenters. The fourth-order valence-electron chi connectivity index (χ4n) is 2.30. The standard InChI is InChI=1S/C14H11N3O3/c18-8-9-5-10-7-15-3-1-11(10)12(6-9)17-4-2-13(19)16-14(17)20/h1,3,5-8H,2,4H2,(H,16,19,20). The van der Waals surface area contributed by atoms with Gasteiger partial charge in [0, 0.05) is 41.7 Å². The van der Waals surface area contributed by atoms with Gasteiger partial charge in [-0.25, -0.2) is 4.79 Å². The lowest BCUT2D eigenvalue weighted by Crippen LogP contribution is -2.49. The first-order valence-corrected chi connectivity index (χ1v) is 6.13. The molecule has 0 aliphatic carbocycles. The molecule has 3 rings (SSSR count). The lowest BCUT2D eigenvalue weighted by molar-refractivity contribution is -0.120. The number of pyridine rings is 1. The second-order valence-corrected chi connectivity index (χ2v) is 4.51. The molecule has 2 aromatic rings. The summed E-state index contributed by atoms with van der Waals surface area (Å²) >= 11 is 0. The number of carbonyl (C=O) groups is 3. The average molecular weight is 269 g/mol. The molecule has 2 heterocycles. The number of urea groups is 1. The third kappa shape index (κ3) is 2.01. The number of aromatic nitrogens is 1. The molecule has 100 valence electrons. The van der Waals surface area contributed by atoms with Gasteiger partial charge in [-0.2, -0.15) is 0 Å². The van der Waals surface area contributed by atoms with Gasteiger partial charge in [-0.15, -0.1) is 0 Å². The Morgan fingerprint density at radius 3 is 2.90 bits per heavy atom. The van der Waals surface area contributed by atoms with Gasteiger partial charge in [0.05, 0.1) is 5.69 Å². The van der Waals surface area contributed by atoms with E-state index in [0.29, 0.717) is 17.8 Å². The van der Waals surface area contributed by atoms with E-state index in [2.05, 4.69) is 10.3 Å². The van der Waals surface area contributed by atoms with Crippen LogP contribution in [0.3, 0.4) is 0 Å². The van der Waals surface area contributed by atoms with Crippen LogP contribution in [-0.2, 0) is 4.79 Å². The number of benzene rings is 1. The molecule has 6 nitrogen and oxygen atoms in total. The van der Waals surface area contributed by atoms with Crippen molar-refractivity contribution in [2.75, 3.05) is 11.4 Å². The largest absolute Gasteiger partial charge is 0.328 e. The number of aldehydes is 1. The lowest BCUT2D eigenvalue weighted by atomic mass is 10.1. The van der Waals surface area contributed by atoms with E-state index < -0.39 is 6.03 Å². The number of rotatable bonds is 2. The van der Waals surface area contributed by atoms with Crippen LogP contribution < -0.4 is 10.2 Å². The van der Waals surface area contributed by atoms with Gasteiger partial charge in [0.25, 0.3) is 0 Å². The normalized spacial score (nSPS) is 15.3. The highest BCUT2D eigenvalue weighted by Gasteiger charge is 2.25. The van der Waals surface area contributed by atoms with Crippen molar-refractivity contribution < 1.29 is 14.4 Å². The number of hydrogen-bond donors (Lipinski definition) is 1. The monoisotopic (exact) mass is 269 g/mol. The van der Waals surface area contributed by atoms with Crippen LogP contribution in [0.4, 0.5) is 10.5 Å². The molecular formula is C14H11N3O3. The number of carbonyl (C=O) groups excluding carboxylic acids is 3. The Bertz CT molecular complexity index is 727. The second kappa shape index (κ2) is 4.73. The van der Waals surface area contributed by atoms with Gasteiger partial charge < -0.3 is 0 Å². The summed E-state index contributed by atoms with van der Waals surface area (Å²) in [4.78, 5) is 39.7. The molecule has 1 aliphatic heterocycles. The number of anilines is 1. The summed E-state index contributed by atoms with van der Waals surface area (Å²) < 4.78 is 0. The smallest absolute Gasteiger partial charge is 0.298 e. The summed E-state index contributed by atoms with van der Waals surface area (Å²) in [6.07, 6.45) is 4.23. The molecule has 1 fully saturated rings. The maximum Gasteiger partial charge on any atom is 0.328 e. The van der Waals surface area contributed by atoms with E-state index in [1.54, 1.807) is 30.6 Å². The number of imide groups is 1. The highest BCUT2D eigenvalue weighted by Crippen LogP contribution is 2.28. The van der Waals surface area contributed by atoms with Crippen LogP contribution in [0.15, 0.2) is 30.6 Å². The Kier molecular flexibility index (Phi) is 2.90. The van der Waals surface area contributed by atoms with Crippen molar-refractivity contribution in [1.82, 2.24) is 10.3 Å². The predicted molar refractivity (Wildman–Crippen MR) is 72.6 cm³/mol.